The predicted octanol–water partition coefficient (Wildman–Crippen LogP) is 2.66. The Kier molecular flexibility index (Phi) is 7.65. The fourth-order valence-corrected chi connectivity index (χ4v) is 6.44. The minimum atomic E-state index is -3.77. The SMILES string of the molecule is COc1ccc(N([C@H](C)C(=O)Nc2ccc(S(=O)(=O)N3CCCCC3)cc2)S(C)(=O)=O)cc1. The highest BCUT2D eigenvalue weighted by molar-refractivity contribution is 7.92. The molecular weight excluding hydrogens is 466 g/mol. The van der Waals surface area contributed by atoms with E-state index in [1.54, 1.807) is 24.3 Å². The fraction of sp³-hybridized carbons (Fsp3) is 0.409. The van der Waals surface area contributed by atoms with Crippen molar-refractivity contribution < 1.29 is 26.4 Å². The van der Waals surface area contributed by atoms with Crippen LogP contribution in [0.4, 0.5) is 11.4 Å². The van der Waals surface area contributed by atoms with Crippen molar-refractivity contribution in [3.05, 3.63) is 48.5 Å². The summed E-state index contributed by atoms with van der Waals surface area (Å²) >= 11 is 0. The van der Waals surface area contributed by atoms with Crippen LogP contribution in [0.2, 0.25) is 0 Å². The number of hydrogen-bond donors (Lipinski definition) is 1. The van der Waals surface area contributed by atoms with Gasteiger partial charge in [-0.1, -0.05) is 6.42 Å². The zero-order valence-corrected chi connectivity index (χ0v) is 20.5. The van der Waals surface area contributed by atoms with E-state index in [1.165, 1.54) is 42.6 Å². The fourth-order valence-electron chi connectivity index (χ4n) is 3.75. The maximum atomic E-state index is 12.9. The Morgan fingerprint density at radius 2 is 1.55 bits per heavy atom. The molecule has 11 heteroatoms. The normalized spacial score (nSPS) is 16.1. The summed E-state index contributed by atoms with van der Waals surface area (Å²) in [5.74, 6) is 0.00628. The van der Waals surface area contributed by atoms with Gasteiger partial charge in [-0.2, -0.15) is 4.31 Å². The summed E-state index contributed by atoms with van der Waals surface area (Å²) in [5, 5.41) is 2.67. The molecular formula is C22H29N3O6S2. The highest BCUT2D eigenvalue weighted by Crippen LogP contribution is 2.25. The topological polar surface area (TPSA) is 113 Å². The minimum absolute atomic E-state index is 0.159. The van der Waals surface area contributed by atoms with Crippen LogP contribution in [0.5, 0.6) is 5.75 Å². The third kappa shape index (κ3) is 5.84. The summed E-state index contributed by atoms with van der Waals surface area (Å²) in [4.78, 5) is 13.0. The van der Waals surface area contributed by atoms with Gasteiger partial charge in [0, 0.05) is 18.8 Å². The van der Waals surface area contributed by atoms with Crippen molar-refractivity contribution in [2.75, 3.05) is 36.1 Å². The molecule has 0 spiro atoms. The number of ether oxygens (including phenoxy) is 1. The number of nitrogens with zero attached hydrogens (tertiary/aromatic N) is 2. The first kappa shape index (κ1) is 25.0. The highest BCUT2D eigenvalue weighted by atomic mass is 32.2. The lowest BCUT2D eigenvalue weighted by Crippen LogP contribution is -2.45. The second-order valence-corrected chi connectivity index (χ2v) is 11.7. The summed E-state index contributed by atoms with van der Waals surface area (Å²) < 4.78 is 58.0. The van der Waals surface area contributed by atoms with E-state index in [0.29, 0.717) is 30.2 Å². The average Bonchev–Trinajstić information content (AvgIpc) is 2.79. The van der Waals surface area contributed by atoms with E-state index in [0.717, 1.165) is 29.8 Å². The molecule has 0 unspecified atom stereocenters. The number of rotatable bonds is 8. The van der Waals surface area contributed by atoms with Gasteiger partial charge < -0.3 is 10.1 Å². The van der Waals surface area contributed by atoms with Crippen molar-refractivity contribution in [3.8, 4) is 5.75 Å². The van der Waals surface area contributed by atoms with Crippen LogP contribution in [0.25, 0.3) is 0 Å². The molecule has 2 aromatic rings. The summed E-state index contributed by atoms with van der Waals surface area (Å²) in [7, 11) is -5.84. The minimum Gasteiger partial charge on any atom is -0.497 e. The summed E-state index contributed by atoms with van der Waals surface area (Å²) in [6, 6.07) is 11.2. The van der Waals surface area contributed by atoms with Crippen molar-refractivity contribution in [2.24, 2.45) is 0 Å². The average molecular weight is 496 g/mol. The van der Waals surface area contributed by atoms with E-state index in [-0.39, 0.29) is 4.90 Å². The van der Waals surface area contributed by atoms with Gasteiger partial charge >= 0.3 is 0 Å². The molecule has 1 saturated heterocycles. The predicted molar refractivity (Wildman–Crippen MR) is 127 cm³/mol. The molecule has 0 radical (unpaired) electrons. The van der Waals surface area contributed by atoms with Crippen molar-refractivity contribution in [2.45, 2.75) is 37.1 Å². The number of piperidine rings is 1. The van der Waals surface area contributed by atoms with Crippen LogP contribution in [0.1, 0.15) is 26.2 Å². The molecule has 1 aliphatic heterocycles. The molecule has 180 valence electrons. The Labute approximate surface area is 195 Å². The van der Waals surface area contributed by atoms with Crippen LogP contribution in [0.15, 0.2) is 53.4 Å². The van der Waals surface area contributed by atoms with Gasteiger partial charge in [0.05, 0.1) is 23.9 Å². The summed E-state index contributed by atoms with van der Waals surface area (Å²) in [5.41, 5.74) is 0.691. The van der Waals surface area contributed by atoms with E-state index in [2.05, 4.69) is 5.32 Å². The molecule has 0 saturated carbocycles. The third-order valence-corrected chi connectivity index (χ3v) is 8.64. The molecule has 1 amide bonds. The zero-order chi connectivity index (χ0) is 24.2. The van der Waals surface area contributed by atoms with Crippen LogP contribution >= 0.6 is 0 Å². The van der Waals surface area contributed by atoms with Crippen LogP contribution in [0, 0.1) is 0 Å². The smallest absolute Gasteiger partial charge is 0.247 e. The Hall–Kier alpha value is -2.63. The van der Waals surface area contributed by atoms with Gasteiger partial charge in [0.2, 0.25) is 26.0 Å². The van der Waals surface area contributed by atoms with E-state index in [1.807, 2.05) is 0 Å². The number of carbonyl (C=O) groups excluding carboxylic acids is 1. The first-order valence-electron chi connectivity index (χ1n) is 10.6. The Morgan fingerprint density at radius 1 is 0.970 bits per heavy atom. The van der Waals surface area contributed by atoms with Crippen LogP contribution in [-0.2, 0) is 24.8 Å². The van der Waals surface area contributed by atoms with Crippen molar-refractivity contribution in [1.29, 1.82) is 0 Å². The lowest BCUT2D eigenvalue weighted by atomic mass is 10.2. The molecule has 1 heterocycles. The molecule has 0 aliphatic carbocycles. The van der Waals surface area contributed by atoms with Crippen molar-refractivity contribution in [3.63, 3.8) is 0 Å². The number of carbonyl (C=O) groups is 1. The van der Waals surface area contributed by atoms with Crippen LogP contribution in [0.3, 0.4) is 0 Å². The molecule has 3 rings (SSSR count). The molecule has 1 aliphatic rings. The van der Waals surface area contributed by atoms with E-state index in [4.69, 9.17) is 4.74 Å². The Bertz CT molecular complexity index is 1170. The molecule has 9 nitrogen and oxygen atoms in total. The highest BCUT2D eigenvalue weighted by Gasteiger charge is 2.30. The maximum absolute atomic E-state index is 12.9. The molecule has 0 bridgehead atoms. The molecule has 1 N–H and O–H groups in total. The molecule has 33 heavy (non-hydrogen) atoms. The first-order chi connectivity index (χ1) is 15.5. The third-order valence-electron chi connectivity index (χ3n) is 5.49. The number of sulfonamides is 2. The number of methoxy groups -OCH3 is 1. The van der Waals surface area contributed by atoms with Gasteiger partial charge in [0.15, 0.2) is 0 Å². The molecule has 1 fully saturated rings. The summed E-state index contributed by atoms with van der Waals surface area (Å²) in [6.45, 7) is 2.49. The molecule has 2 aromatic carbocycles. The van der Waals surface area contributed by atoms with Crippen LogP contribution < -0.4 is 14.4 Å². The molecule has 1 atom stereocenters. The quantitative estimate of drug-likeness (QED) is 0.602. The number of anilines is 2. The zero-order valence-electron chi connectivity index (χ0n) is 18.9. The van der Waals surface area contributed by atoms with E-state index < -0.39 is 32.0 Å². The number of nitrogens with one attached hydrogen (secondary N) is 1. The second kappa shape index (κ2) is 10.1. The van der Waals surface area contributed by atoms with Gasteiger partial charge in [-0.25, -0.2) is 16.8 Å². The summed E-state index contributed by atoms with van der Waals surface area (Å²) in [6.07, 6.45) is 3.74. The van der Waals surface area contributed by atoms with Gasteiger partial charge in [0.25, 0.3) is 0 Å². The van der Waals surface area contributed by atoms with Gasteiger partial charge in [0.1, 0.15) is 11.8 Å². The van der Waals surface area contributed by atoms with Gasteiger partial charge in [-0.3, -0.25) is 9.10 Å². The van der Waals surface area contributed by atoms with Gasteiger partial charge in [-0.15, -0.1) is 0 Å². The number of benzene rings is 2. The lowest BCUT2D eigenvalue weighted by molar-refractivity contribution is -0.116. The van der Waals surface area contributed by atoms with E-state index >= 15 is 0 Å². The lowest BCUT2D eigenvalue weighted by Gasteiger charge is -2.28. The maximum Gasteiger partial charge on any atom is 0.247 e. The number of hydrogen-bond acceptors (Lipinski definition) is 6. The Balaban J connectivity index is 1.76. The largest absolute Gasteiger partial charge is 0.497 e. The molecule has 0 aromatic heterocycles. The van der Waals surface area contributed by atoms with Crippen molar-refractivity contribution in [1.82, 2.24) is 4.31 Å². The van der Waals surface area contributed by atoms with Gasteiger partial charge in [-0.05, 0) is 68.3 Å². The monoisotopic (exact) mass is 495 g/mol. The second-order valence-electron chi connectivity index (χ2n) is 7.91. The number of amides is 1. The Morgan fingerprint density at radius 3 is 2.06 bits per heavy atom. The standard InChI is InChI=1S/C22H29N3O6S2/c1-17(25(32(3,27)28)19-9-11-20(31-2)12-10-19)22(26)23-18-7-13-21(14-8-18)33(29,30)24-15-5-4-6-16-24/h7-14,17H,4-6,15-16H2,1-3H3,(H,23,26)/t17-/m1/s1. The van der Waals surface area contributed by atoms with Crippen molar-refractivity contribution >= 4 is 37.3 Å². The van der Waals surface area contributed by atoms with E-state index in [9.17, 15) is 21.6 Å². The van der Waals surface area contributed by atoms with Crippen LogP contribution in [-0.4, -0.2) is 59.5 Å². The first-order valence-corrected chi connectivity index (χ1v) is 13.9.